The molecule has 1 heterocycles. The van der Waals surface area contributed by atoms with Gasteiger partial charge in [0.1, 0.15) is 12.4 Å². The highest BCUT2D eigenvalue weighted by Crippen LogP contribution is 2.29. The molecule has 0 saturated carbocycles. The molecular formula is C13H10BrClO4. The van der Waals surface area contributed by atoms with Crippen LogP contribution in [-0.2, 0) is 11.3 Å². The van der Waals surface area contributed by atoms with Gasteiger partial charge in [-0.15, -0.1) is 0 Å². The number of carbonyl (C=O) groups is 1. The second kappa shape index (κ2) is 6.12. The molecule has 1 aromatic heterocycles. The van der Waals surface area contributed by atoms with Crippen LogP contribution < -0.4 is 4.74 Å². The summed E-state index contributed by atoms with van der Waals surface area (Å²) in [7, 11) is 1.30. The van der Waals surface area contributed by atoms with Crippen molar-refractivity contribution in [3.05, 3.63) is 51.3 Å². The molecule has 0 saturated heterocycles. The Balaban J connectivity index is 2.10. The first-order valence-corrected chi connectivity index (χ1v) is 6.51. The number of furan rings is 1. The molecule has 0 bridgehead atoms. The molecule has 1 aromatic carbocycles. The summed E-state index contributed by atoms with van der Waals surface area (Å²) < 4.78 is 16.0. The van der Waals surface area contributed by atoms with Crippen LogP contribution in [0.1, 0.15) is 16.1 Å². The maximum absolute atomic E-state index is 11.4. The van der Waals surface area contributed by atoms with Crippen LogP contribution in [0.2, 0.25) is 5.02 Å². The third-order valence-electron chi connectivity index (χ3n) is 2.39. The van der Waals surface area contributed by atoms with Gasteiger partial charge in [0.15, 0.2) is 0 Å². The number of ether oxygens (including phenoxy) is 2. The maximum atomic E-state index is 11.4. The van der Waals surface area contributed by atoms with Gasteiger partial charge in [0.25, 0.3) is 0 Å². The topological polar surface area (TPSA) is 48.7 Å². The van der Waals surface area contributed by atoms with Crippen LogP contribution in [0.15, 0.2) is 39.4 Å². The Kier molecular flexibility index (Phi) is 4.50. The molecule has 0 radical (unpaired) electrons. The average Bonchev–Trinajstić information content (AvgIpc) is 2.85. The lowest BCUT2D eigenvalue weighted by atomic mass is 10.2. The molecule has 2 aromatic rings. The molecule has 0 unspecified atom stereocenters. The van der Waals surface area contributed by atoms with Gasteiger partial charge in [-0.25, -0.2) is 4.79 Å². The van der Waals surface area contributed by atoms with E-state index in [4.69, 9.17) is 20.8 Å². The molecule has 0 aliphatic rings. The Morgan fingerprint density at radius 3 is 2.89 bits per heavy atom. The lowest BCUT2D eigenvalue weighted by molar-refractivity contribution is 0.0561. The third kappa shape index (κ3) is 3.30. The molecular weight excluding hydrogens is 335 g/mol. The van der Waals surface area contributed by atoms with Crippen LogP contribution in [0, 0.1) is 0 Å². The fourth-order valence-corrected chi connectivity index (χ4v) is 2.27. The summed E-state index contributed by atoms with van der Waals surface area (Å²) in [6.45, 7) is 0.196. The van der Waals surface area contributed by atoms with Crippen LogP contribution >= 0.6 is 27.5 Å². The summed E-state index contributed by atoms with van der Waals surface area (Å²) in [5.74, 6) is 0.243. The first-order valence-electron chi connectivity index (χ1n) is 5.34. The summed E-state index contributed by atoms with van der Waals surface area (Å²) in [4.78, 5) is 11.4. The predicted molar refractivity (Wildman–Crippen MR) is 73.5 cm³/mol. The molecule has 0 fully saturated rings. The molecule has 100 valence electrons. The van der Waals surface area contributed by atoms with Crippen molar-refractivity contribution in [2.75, 3.05) is 7.11 Å². The summed E-state index contributed by atoms with van der Waals surface area (Å²) in [5, 5.41) is 0.609. The Labute approximate surface area is 123 Å². The molecule has 4 nitrogen and oxygen atoms in total. The monoisotopic (exact) mass is 344 g/mol. The molecule has 0 aliphatic carbocycles. The first kappa shape index (κ1) is 14.0. The number of hydrogen-bond donors (Lipinski definition) is 0. The molecule has 0 aliphatic heterocycles. The SMILES string of the molecule is COC(=O)c1occc1COc1ccc(Cl)cc1Br. The fraction of sp³-hybridized carbons (Fsp3) is 0.154. The first-order chi connectivity index (χ1) is 9.11. The van der Waals surface area contributed by atoms with E-state index in [9.17, 15) is 4.79 Å². The number of benzene rings is 1. The van der Waals surface area contributed by atoms with Gasteiger partial charge in [0.05, 0.1) is 17.8 Å². The normalized spacial score (nSPS) is 10.3. The van der Waals surface area contributed by atoms with E-state index < -0.39 is 5.97 Å². The number of hydrogen-bond acceptors (Lipinski definition) is 4. The van der Waals surface area contributed by atoms with Crippen LogP contribution in [0.3, 0.4) is 0 Å². The van der Waals surface area contributed by atoms with E-state index in [1.807, 2.05) is 0 Å². The number of rotatable bonds is 4. The number of methoxy groups -OCH3 is 1. The van der Waals surface area contributed by atoms with Crippen molar-refractivity contribution in [2.45, 2.75) is 6.61 Å². The second-order valence-corrected chi connectivity index (χ2v) is 4.92. The van der Waals surface area contributed by atoms with E-state index in [0.717, 1.165) is 4.47 Å². The minimum atomic E-state index is -0.529. The van der Waals surface area contributed by atoms with E-state index in [0.29, 0.717) is 16.3 Å². The van der Waals surface area contributed by atoms with Crippen molar-refractivity contribution < 1.29 is 18.7 Å². The van der Waals surface area contributed by atoms with Crippen LogP contribution in [0.4, 0.5) is 0 Å². The van der Waals surface area contributed by atoms with Gasteiger partial charge < -0.3 is 13.9 Å². The van der Waals surface area contributed by atoms with Crippen molar-refractivity contribution in [1.29, 1.82) is 0 Å². The lowest BCUT2D eigenvalue weighted by Gasteiger charge is -2.08. The van der Waals surface area contributed by atoms with Gasteiger partial charge in [-0.1, -0.05) is 11.6 Å². The van der Waals surface area contributed by atoms with Crippen molar-refractivity contribution in [1.82, 2.24) is 0 Å². The van der Waals surface area contributed by atoms with Gasteiger partial charge in [-0.3, -0.25) is 0 Å². The van der Waals surface area contributed by atoms with Gasteiger partial charge in [0, 0.05) is 10.6 Å². The van der Waals surface area contributed by atoms with Gasteiger partial charge in [-0.2, -0.15) is 0 Å². The molecule has 0 N–H and O–H groups in total. The average molecular weight is 346 g/mol. The summed E-state index contributed by atoms with van der Waals surface area (Å²) in [6.07, 6.45) is 1.42. The van der Waals surface area contributed by atoms with Crippen LogP contribution in [-0.4, -0.2) is 13.1 Å². The predicted octanol–water partition coefficient (Wildman–Crippen LogP) is 4.06. The summed E-state index contributed by atoms with van der Waals surface area (Å²) >= 11 is 9.19. The van der Waals surface area contributed by atoms with E-state index in [2.05, 4.69) is 20.7 Å². The molecule has 0 atom stereocenters. The zero-order valence-electron chi connectivity index (χ0n) is 9.98. The van der Waals surface area contributed by atoms with Gasteiger partial charge in [0.2, 0.25) is 5.76 Å². The van der Waals surface area contributed by atoms with Crippen molar-refractivity contribution >= 4 is 33.5 Å². The molecule has 19 heavy (non-hydrogen) atoms. The molecule has 6 heteroatoms. The summed E-state index contributed by atoms with van der Waals surface area (Å²) in [6, 6.07) is 6.85. The minimum Gasteiger partial charge on any atom is -0.488 e. The summed E-state index contributed by atoms with van der Waals surface area (Å²) in [5.41, 5.74) is 0.619. The van der Waals surface area contributed by atoms with Crippen molar-refractivity contribution in [2.24, 2.45) is 0 Å². The highest BCUT2D eigenvalue weighted by Gasteiger charge is 2.16. The van der Waals surface area contributed by atoms with Crippen LogP contribution in [0.25, 0.3) is 0 Å². The Morgan fingerprint density at radius 1 is 1.42 bits per heavy atom. The molecule has 2 rings (SSSR count). The molecule has 0 amide bonds. The van der Waals surface area contributed by atoms with E-state index in [1.165, 1.54) is 13.4 Å². The standard InChI is InChI=1S/C13H10BrClO4/c1-17-13(16)12-8(4-5-18-12)7-19-11-3-2-9(15)6-10(11)14/h2-6H,7H2,1H3. The Hall–Kier alpha value is -1.46. The van der Waals surface area contributed by atoms with Gasteiger partial charge in [-0.05, 0) is 40.2 Å². The third-order valence-corrected chi connectivity index (χ3v) is 3.25. The van der Waals surface area contributed by atoms with Gasteiger partial charge >= 0.3 is 5.97 Å². The van der Waals surface area contributed by atoms with E-state index in [1.54, 1.807) is 24.3 Å². The fourth-order valence-electron chi connectivity index (χ4n) is 1.47. The molecule has 0 spiro atoms. The lowest BCUT2D eigenvalue weighted by Crippen LogP contribution is -2.05. The van der Waals surface area contributed by atoms with Crippen LogP contribution in [0.5, 0.6) is 5.75 Å². The Morgan fingerprint density at radius 2 is 2.21 bits per heavy atom. The zero-order valence-corrected chi connectivity index (χ0v) is 12.3. The van der Waals surface area contributed by atoms with Crippen molar-refractivity contribution in [3.63, 3.8) is 0 Å². The largest absolute Gasteiger partial charge is 0.488 e. The second-order valence-electron chi connectivity index (χ2n) is 3.63. The maximum Gasteiger partial charge on any atom is 0.374 e. The zero-order chi connectivity index (χ0) is 13.8. The minimum absolute atomic E-state index is 0.146. The smallest absolute Gasteiger partial charge is 0.374 e. The van der Waals surface area contributed by atoms with Crippen molar-refractivity contribution in [3.8, 4) is 5.75 Å². The highest BCUT2D eigenvalue weighted by atomic mass is 79.9. The Bertz CT molecular complexity index is 594. The quantitative estimate of drug-likeness (QED) is 0.784. The number of esters is 1. The number of halogens is 2. The number of carbonyl (C=O) groups excluding carboxylic acids is 1. The van der Waals surface area contributed by atoms with E-state index in [-0.39, 0.29) is 12.4 Å². The van der Waals surface area contributed by atoms with E-state index >= 15 is 0 Å². The highest BCUT2D eigenvalue weighted by molar-refractivity contribution is 9.10.